The molecule has 31 heavy (non-hydrogen) atoms. The molecule has 0 spiro atoms. The summed E-state index contributed by atoms with van der Waals surface area (Å²) in [6.45, 7) is 8.13. The fourth-order valence-electron chi connectivity index (χ4n) is 3.69. The van der Waals surface area contributed by atoms with E-state index in [-0.39, 0.29) is 30.2 Å². The van der Waals surface area contributed by atoms with Crippen molar-refractivity contribution < 1.29 is 14.4 Å². The molecule has 0 radical (unpaired) electrons. The number of rotatable bonds is 6. The maximum absolute atomic E-state index is 12.8. The Morgan fingerprint density at radius 3 is 1.97 bits per heavy atom. The van der Waals surface area contributed by atoms with E-state index >= 15 is 0 Å². The summed E-state index contributed by atoms with van der Waals surface area (Å²) in [7, 11) is 0. The van der Waals surface area contributed by atoms with Crippen molar-refractivity contribution in [3.8, 4) is 0 Å². The van der Waals surface area contributed by atoms with Gasteiger partial charge in [0.25, 0.3) is 11.8 Å². The number of carbonyl (C=O) groups is 3. The van der Waals surface area contributed by atoms with E-state index in [1.807, 2.05) is 49.4 Å². The van der Waals surface area contributed by atoms with Gasteiger partial charge in [-0.15, -0.1) is 0 Å². The highest BCUT2D eigenvalue weighted by Crippen LogP contribution is 2.16. The third kappa shape index (κ3) is 5.94. The quantitative estimate of drug-likeness (QED) is 0.778. The van der Waals surface area contributed by atoms with Crippen LogP contribution in [-0.4, -0.2) is 59.7 Å². The maximum atomic E-state index is 12.8. The van der Waals surface area contributed by atoms with Gasteiger partial charge in [0.05, 0.1) is 0 Å². The van der Waals surface area contributed by atoms with Crippen LogP contribution < -0.4 is 5.32 Å². The summed E-state index contributed by atoms with van der Waals surface area (Å²) in [6.07, 6.45) is 0.239. The summed E-state index contributed by atoms with van der Waals surface area (Å²) in [4.78, 5) is 41.2. The third-order valence-corrected chi connectivity index (χ3v) is 5.64. The molecule has 6 nitrogen and oxygen atoms in total. The fraction of sp³-hybridized carbons (Fsp3) is 0.400. The van der Waals surface area contributed by atoms with Crippen LogP contribution in [0.2, 0.25) is 0 Å². The predicted molar refractivity (Wildman–Crippen MR) is 121 cm³/mol. The zero-order valence-electron chi connectivity index (χ0n) is 18.5. The molecule has 1 aliphatic heterocycles. The third-order valence-electron chi connectivity index (χ3n) is 5.64. The Kier molecular flexibility index (Phi) is 7.45. The minimum atomic E-state index is -0.265. The molecule has 0 aromatic heterocycles. The topological polar surface area (TPSA) is 69.7 Å². The van der Waals surface area contributed by atoms with E-state index in [1.54, 1.807) is 21.9 Å². The molecule has 1 N–H and O–H groups in total. The standard InChI is InChI=1S/C25H31N3O3/c1-18(2)20-9-11-22(12-10-20)25(31)28-15-13-27(14-16-28)23(29)17-19(3)26-24(30)21-7-5-4-6-8-21/h4-12,18-19H,13-17H2,1-3H3,(H,26,30). The summed E-state index contributed by atoms with van der Waals surface area (Å²) in [5.74, 6) is 0.249. The number of nitrogens with one attached hydrogen (secondary N) is 1. The highest BCUT2D eigenvalue weighted by atomic mass is 16.2. The summed E-state index contributed by atoms with van der Waals surface area (Å²) in [5.41, 5.74) is 2.47. The van der Waals surface area contributed by atoms with E-state index in [2.05, 4.69) is 19.2 Å². The van der Waals surface area contributed by atoms with Crippen molar-refractivity contribution in [1.29, 1.82) is 0 Å². The molecule has 0 saturated carbocycles. The molecule has 1 atom stereocenters. The molecule has 1 saturated heterocycles. The lowest BCUT2D eigenvalue weighted by Gasteiger charge is -2.35. The zero-order valence-corrected chi connectivity index (χ0v) is 18.5. The molecule has 0 aliphatic carbocycles. The first kappa shape index (κ1) is 22.5. The van der Waals surface area contributed by atoms with Crippen molar-refractivity contribution in [2.45, 2.75) is 39.2 Å². The highest BCUT2D eigenvalue weighted by molar-refractivity contribution is 5.95. The average molecular weight is 422 g/mol. The molecule has 0 bridgehead atoms. The van der Waals surface area contributed by atoms with Gasteiger partial charge in [-0.2, -0.15) is 0 Å². The van der Waals surface area contributed by atoms with Crippen LogP contribution in [-0.2, 0) is 4.79 Å². The number of carbonyl (C=O) groups excluding carboxylic acids is 3. The molecule has 1 fully saturated rings. The van der Waals surface area contributed by atoms with Crippen LogP contribution >= 0.6 is 0 Å². The number of hydrogen-bond donors (Lipinski definition) is 1. The molecule has 1 unspecified atom stereocenters. The largest absolute Gasteiger partial charge is 0.349 e. The molecule has 164 valence electrons. The van der Waals surface area contributed by atoms with Gasteiger partial charge in [0, 0.05) is 49.8 Å². The smallest absolute Gasteiger partial charge is 0.253 e. The van der Waals surface area contributed by atoms with Gasteiger partial charge >= 0.3 is 0 Å². The highest BCUT2D eigenvalue weighted by Gasteiger charge is 2.26. The van der Waals surface area contributed by atoms with Crippen LogP contribution in [0.3, 0.4) is 0 Å². The van der Waals surface area contributed by atoms with Gasteiger partial charge in [-0.1, -0.05) is 44.2 Å². The number of amides is 3. The molecule has 3 amide bonds. The average Bonchev–Trinajstić information content (AvgIpc) is 2.79. The Morgan fingerprint density at radius 1 is 0.806 bits per heavy atom. The number of piperazine rings is 1. The minimum absolute atomic E-state index is 0.00533. The first-order valence-electron chi connectivity index (χ1n) is 10.9. The molecular formula is C25H31N3O3. The van der Waals surface area contributed by atoms with Crippen LogP contribution in [0.1, 0.15) is 59.4 Å². The van der Waals surface area contributed by atoms with Crippen molar-refractivity contribution >= 4 is 17.7 Å². The van der Waals surface area contributed by atoms with Gasteiger partial charge in [0.2, 0.25) is 5.91 Å². The van der Waals surface area contributed by atoms with Crippen LogP contribution in [0, 0.1) is 0 Å². The van der Waals surface area contributed by atoms with Gasteiger partial charge in [-0.3, -0.25) is 14.4 Å². The van der Waals surface area contributed by atoms with Crippen LogP contribution in [0.5, 0.6) is 0 Å². The SMILES string of the molecule is CC(CC(=O)N1CCN(C(=O)c2ccc(C(C)C)cc2)CC1)NC(=O)c1ccccc1. The van der Waals surface area contributed by atoms with E-state index < -0.39 is 0 Å². The zero-order chi connectivity index (χ0) is 22.4. The van der Waals surface area contributed by atoms with Gasteiger partial charge < -0.3 is 15.1 Å². The number of hydrogen-bond acceptors (Lipinski definition) is 3. The van der Waals surface area contributed by atoms with Crippen LogP contribution in [0.4, 0.5) is 0 Å². The van der Waals surface area contributed by atoms with Crippen molar-refractivity contribution in [2.75, 3.05) is 26.2 Å². The Labute approximate surface area is 184 Å². The Morgan fingerprint density at radius 2 is 1.39 bits per heavy atom. The lowest BCUT2D eigenvalue weighted by molar-refractivity contribution is -0.133. The van der Waals surface area contributed by atoms with Gasteiger partial charge in [0.15, 0.2) is 0 Å². The van der Waals surface area contributed by atoms with Gasteiger partial charge in [-0.25, -0.2) is 0 Å². The van der Waals surface area contributed by atoms with Crippen molar-refractivity contribution in [2.24, 2.45) is 0 Å². The van der Waals surface area contributed by atoms with Gasteiger partial charge in [-0.05, 0) is 42.7 Å². The number of benzene rings is 2. The minimum Gasteiger partial charge on any atom is -0.349 e. The summed E-state index contributed by atoms with van der Waals surface area (Å²) in [5, 5.41) is 2.88. The van der Waals surface area contributed by atoms with E-state index in [9.17, 15) is 14.4 Å². The summed E-state index contributed by atoms with van der Waals surface area (Å²) in [6, 6.07) is 16.5. The molecule has 1 aliphatic rings. The first-order valence-corrected chi connectivity index (χ1v) is 10.9. The van der Waals surface area contributed by atoms with Crippen LogP contribution in [0.15, 0.2) is 54.6 Å². The predicted octanol–water partition coefficient (Wildman–Crippen LogP) is 3.30. The fourth-order valence-corrected chi connectivity index (χ4v) is 3.69. The van der Waals surface area contributed by atoms with Gasteiger partial charge in [0.1, 0.15) is 0 Å². The van der Waals surface area contributed by atoms with Crippen LogP contribution in [0.25, 0.3) is 0 Å². The van der Waals surface area contributed by atoms with E-state index in [1.165, 1.54) is 5.56 Å². The monoisotopic (exact) mass is 421 g/mol. The second kappa shape index (κ2) is 10.2. The van der Waals surface area contributed by atoms with E-state index in [0.717, 1.165) is 0 Å². The normalized spacial score (nSPS) is 15.0. The molecular weight excluding hydrogens is 390 g/mol. The molecule has 1 heterocycles. The van der Waals surface area contributed by atoms with E-state index in [4.69, 9.17) is 0 Å². The second-order valence-electron chi connectivity index (χ2n) is 8.39. The summed E-state index contributed by atoms with van der Waals surface area (Å²) >= 11 is 0. The van der Waals surface area contributed by atoms with Crippen molar-refractivity contribution in [1.82, 2.24) is 15.1 Å². The number of nitrogens with zero attached hydrogens (tertiary/aromatic N) is 2. The van der Waals surface area contributed by atoms with Crippen molar-refractivity contribution in [3.63, 3.8) is 0 Å². The Hall–Kier alpha value is -3.15. The van der Waals surface area contributed by atoms with Crippen molar-refractivity contribution in [3.05, 3.63) is 71.3 Å². The summed E-state index contributed by atoms with van der Waals surface area (Å²) < 4.78 is 0. The lowest BCUT2D eigenvalue weighted by Crippen LogP contribution is -2.51. The van der Waals surface area contributed by atoms with E-state index in [0.29, 0.717) is 43.2 Å². The molecule has 3 rings (SSSR count). The molecule has 6 heteroatoms. The maximum Gasteiger partial charge on any atom is 0.253 e. The second-order valence-corrected chi connectivity index (χ2v) is 8.39. The lowest BCUT2D eigenvalue weighted by atomic mass is 10.0. The Balaban J connectivity index is 1.46. The Bertz CT molecular complexity index is 901. The molecule has 2 aromatic rings. The first-order chi connectivity index (χ1) is 14.8. The molecule has 2 aromatic carbocycles.